The van der Waals surface area contributed by atoms with Crippen molar-refractivity contribution in [3.05, 3.63) is 12.3 Å². The molecule has 0 aliphatic heterocycles. The summed E-state index contributed by atoms with van der Waals surface area (Å²) < 4.78 is 9.80. The number of tetrazole rings is 1. The number of hydrogen-bond donors (Lipinski definition) is 1. The summed E-state index contributed by atoms with van der Waals surface area (Å²) in [5.41, 5.74) is 0. The molecule has 1 amide bonds. The summed E-state index contributed by atoms with van der Waals surface area (Å²) in [4.78, 5) is 13.8. The van der Waals surface area contributed by atoms with Gasteiger partial charge in [-0.2, -0.15) is 0 Å². The number of carbonyl (C=O) groups is 1. The predicted octanol–water partition coefficient (Wildman–Crippen LogP) is 1.53. The Bertz CT molecular complexity index is 535. The van der Waals surface area contributed by atoms with Crippen LogP contribution in [0.1, 0.15) is 32.1 Å². The molecule has 3 rings (SSSR count). The summed E-state index contributed by atoms with van der Waals surface area (Å²) in [6.07, 6.45) is 5.88. The van der Waals surface area contributed by atoms with Crippen molar-refractivity contribution in [2.75, 3.05) is 4.90 Å². The standard InChI is InChI=1S/C11H14N6O3/c18-11(20-9-6-7-19-14-9)17(10-12-15-16-13-10)8-4-2-1-3-5-8/h6-8H,1-5H2,(H,12,13,15,16). The number of nitrogens with zero attached hydrogens (tertiary/aromatic N) is 5. The Morgan fingerprint density at radius 2 is 2.25 bits per heavy atom. The molecule has 9 heteroatoms. The smallest absolute Gasteiger partial charge is 0.387 e. The Morgan fingerprint density at radius 1 is 1.40 bits per heavy atom. The molecule has 0 unspecified atom stereocenters. The number of anilines is 1. The van der Waals surface area contributed by atoms with E-state index in [0.29, 0.717) is 0 Å². The third kappa shape index (κ3) is 2.60. The second kappa shape index (κ2) is 5.68. The Labute approximate surface area is 114 Å². The summed E-state index contributed by atoms with van der Waals surface area (Å²) in [5.74, 6) is 0.397. The first kappa shape index (κ1) is 12.6. The largest absolute Gasteiger partial charge is 0.423 e. The number of aromatic nitrogens is 5. The summed E-state index contributed by atoms with van der Waals surface area (Å²) in [6.45, 7) is 0. The molecule has 0 aromatic carbocycles. The van der Waals surface area contributed by atoms with Crippen molar-refractivity contribution in [2.45, 2.75) is 38.1 Å². The number of ether oxygens (including phenoxy) is 1. The molecule has 2 aromatic heterocycles. The lowest BCUT2D eigenvalue weighted by atomic mass is 9.94. The average molecular weight is 278 g/mol. The van der Waals surface area contributed by atoms with Crippen LogP contribution in [0.2, 0.25) is 0 Å². The lowest BCUT2D eigenvalue weighted by Crippen LogP contribution is -2.44. The Morgan fingerprint density at radius 3 is 2.90 bits per heavy atom. The minimum absolute atomic E-state index is 0.0258. The van der Waals surface area contributed by atoms with E-state index in [1.54, 1.807) is 0 Å². The molecule has 2 heterocycles. The fourth-order valence-electron chi connectivity index (χ4n) is 2.40. The van der Waals surface area contributed by atoms with Crippen LogP contribution >= 0.6 is 0 Å². The van der Waals surface area contributed by atoms with Gasteiger partial charge in [0.25, 0.3) is 11.8 Å². The van der Waals surface area contributed by atoms with Crippen LogP contribution in [0.15, 0.2) is 16.9 Å². The van der Waals surface area contributed by atoms with Crippen molar-refractivity contribution in [2.24, 2.45) is 0 Å². The van der Waals surface area contributed by atoms with Gasteiger partial charge in [0.2, 0.25) is 0 Å². The van der Waals surface area contributed by atoms with Gasteiger partial charge in [-0.1, -0.05) is 24.4 Å². The van der Waals surface area contributed by atoms with Gasteiger partial charge in [-0.3, -0.25) is 0 Å². The highest BCUT2D eigenvalue weighted by Crippen LogP contribution is 2.25. The van der Waals surface area contributed by atoms with Crippen LogP contribution in [0.25, 0.3) is 0 Å². The zero-order chi connectivity index (χ0) is 13.8. The molecule has 0 saturated heterocycles. The first-order chi connectivity index (χ1) is 9.84. The monoisotopic (exact) mass is 278 g/mol. The second-order valence-electron chi connectivity index (χ2n) is 4.59. The summed E-state index contributed by atoms with van der Waals surface area (Å²) in [7, 11) is 0. The molecule has 1 aliphatic rings. The number of nitrogens with one attached hydrogen (secondary N) is 1. The zero-order valence-corrected chi connectivity index (χ0v) is 10.7. The zero-order valence-electron chi connectivity index (χ0n) is 10.7. The quantitative estimate of drug-likeness (QED) is 0.906. The molecular formula is C11H14N6O3. The molecule has 0 radical (unpaired) electrons. The Balaban J connectivity index is 1.79. The average Bonchev–Trinajstić information content (AvgIpc) is 3.14. The van der Waals surface area contributed by atoms with E-state index < -0.39 is 6.09 Å². The minimum atomic E-state index is -0.565. The molecule has 1 saturated carbocycles. The van der Waals surface area contributed by atoms with Crippen LogP contribution < -0.4 is 9.64 Å². The third-order valence-electron chi connectivity index (χ3n) is 3.30. The number of aromatic amines is 1. The fraction of sp³-hybridized carbons (Fsp3) is 0.545. The van der Waals surface area contributed by atoms with E-state index in [9.17, 15) is 4.79 Å². The second-order valence-corrected chi connectivity index (χ2v) is 4.59. The Kier molecular flexibility index (Phi) is 3.57. The predicted molar refractivity (Wildman–Crippen MR) is 66.1 cm³/mol. The van der Waals surface area contributed by atoms with Gasteiger partial charge in [0.15, 0.2) is 0 Å². The van der Waals surface area contributed by atoms with Gasteiger partial charge in [0, 0.05) is 12.1 Å². The van der Waals surface area contributed by atoms with E-state index in [4.69, 9.17) is 4.74 Å². The van der Waals surface area contributed by atoms with Gasteiger partial charge < -0.3 is 9.26 Å². The van der Waals surface area contributed by atoms with Crippen LogP contribution in [0.4, 0.5) is 10.7 Å². The van der Waals surface area contributed by atoms with Crippen molar-refractivity contribution in [3.63, 3.8) is 0 Å². The highest BCUT2D eigenvalue weighted by Gasteiger charge is 2.31. The molecule has 106 valence electrons. The van der Waals surface area contributed by atoms with Crippen molar-refractivity contribution >= 4 is 12.0 Å². The van der Waals surface area contributed by atoms with Gasteiger partial charge in [-0.25, -0.2) is 14.8 Å². The van der Waals surface area contributed by atoms with Gasteiger partial charge in [0.1, 0.15) is 6.26 Å². The van der Waals surface area contributed by atoms with Gasteiger partial charge in [-0.15, -0.1) is 0 Å². The molecule has 0 atom stereocenters. The maximum Gasteiger partial charge on any atom is 0.423 e. The van der Waals surface area contributed by atoms with Crippen molar-refractivity contribution in [1.82, 2.24) is 25.8 Å². The van der Waals surface area contributed by atoms with E-state index in [2.05, 4.69) is 30.3 Å². The first-order valence-electron chi connectivity index (χ1n) is 6.50. The number of amides is 1. The van der Waals surface area contributed by atoms with Crippen molar-refractivity contribution in [3.8, 4) is 5.88 Å². The van der Waals surface area contributed by atoms with E-state index in [1.807, 2.05) is 0 Å². The lowest BCUT2D eigenvalue weighted by Gasteiger charge is -2.30. The SMILES string of the molecule is O=C(Oc1ccon1)N(c1nnn[nH]1)C1CCCCC1. The summed E-state index contributed by atoms with van der Waals surface area (Å²) >= 11 is 0. The van der Waals surface area contributed by atoms with Gasteiger partial charge in [-0.05, 0) is 28.4 Å². The highest BCUT2D eigenvalue weighted by molar-refractivity contribution is 5.87. The minimum Gasteiger partial charge on any atom is -0.387 e. The maximum absolute atomic E-state index is 12.3. The van der Waals surface area contributed by atoms with E-state index in [-0.39, 0.29) is 17.9 Å². The van der Waals surface area contributed by atoms with E-state index >= 15 is 0 Å². The third-order valence-corrected chi connectivity index (χ3v) is 3.30. The molecule has 9 nitrogen and oxygen atoms in total. The summed E-state index contributed by atoms with van der Waals surface area (Å²) in [5, 5.41) is 17.0. The van der Waals surface area contributed by atoms with Gasteiger partial charge in [0.05, 0.1) is 0 Å². The van der Waals surface area contributed by atoms with Gasteiger partial charge >= 0.3 is 6.09 Å². The van der Waals surface area contributed by atoms with Crippen LogP contribution in [-0.2, 0) is 0 Å². The number of rotatable bonds is 3. The summed E-state index contributed by atoms with van der Waals surface area (Å²) in [6, 6.07) is 1.49. The number of H-pyrrole nitrogens is 1. The maximum atomic E-state index is 12.3. The Hall–Kier alpha value is -2.45. The van der Waals surface area contributed by atoms with Crippen LogP contribution in [0.3, 0.4) is 0 Å². The van der Waals surface area contributed by atoms with E-state index in [1.165, 1.54) is 23.7 Å². The normalized spacial score (nSPS) is 16.0. The molecule has 1 aliphatic carbocycles. The number of carbonyl (C=O) groups excluding carboxylic acids is 1. The molecule has 0 bridgehead atoms. The molecular weight excluding hydrogens is 264 g/mol. The van der Waals surface area contributed by atoms with Crippen LogP contribution in [0, 0.1) is 0 Å². The highest BCUT2D eigenvalue weighted by atomic mass is 16.6. The fourth-order valence-corrected chi connectivity index (χ4v) is 2.40. The topological polar surface area (TPSA) is 110 Å². The molecule has 0 spiro atoms. The van der Waals surface area contributed by atoms with E-state index in [0.717, 1.165) is 25.7 Å². The van der Waals surface area contributed by atoms with Crippen LogP contribution in [-0.4, -0.2) is 37.9 Å². The molecule has 1 fully saturated rings. The van der Waals surface area contributed by atoms with Crippen LogP contribution in [0.5, 0.6) is 5.88 Å². The lowest BCUT2D eigenvalue weighted by molar-refractivity contribution is 0.197. The van der Waals surface area contributed by atoms with Crippen molar-refractivity contribution in [1.29, 1.82) is 0 Å². The number of hydrogen-bond acceptors (Lipinski definition) is 7. The molecule has 20 heavy (non-hydrogen) atoms. The van der Waals surface area contributed by atoms with Crippen molar-refractivity contribution < 1.29 is 14.1 Å². The first-order valence-corrected chi connectivity index (χ1v) is 6.50. The molecule has 2 aromatic rings. The molecule has 1 N–H and O–H groups in total.